The molecule has 7 heteroatoms. The molecule has 1 saturated carbocycles. The fourth-order valence-electron chi connectivity index (χ4n) is 5.04. The van der Waals surface area contributed by atoms with Gasteiger partial charge in [0, 0.05) is 43.3 Å². The number of carbonyl (C=O) groups excluding carboxylic acids is 2. The Morgan fingerprint density at radius 2 is 1.86 bits per heavy atom. The number of nitrogens with zero attached hydrogens (tertiary/aromatic N) is 2. The Kier molecular flexibility index (Phi) is 5.61. The lowest BCUT2D eigenvalue weighted by molar-refractivity contribution is -0.142. The van der Waals surface area contributed by atoms with Gasteiger partial charge >= 0.3 is 0 Å². The minimum Gasteiger partial charge on any atom is -0.352 e. The molecule has 0 bridgehead atoms. The molecule has 28 heavy (non-hydrogen) atoms. The van der Waals surface area contributed by atoms with Gasteiger partial charge < -0.3 is 10.2 Å². The van der Waals surface area contributed by atoms with Crippen LogP contribution in [0.3, 0.4) is 0 Å². The van der Waals surface area contributed by atoms with E-state index in [0.717, 1.165) is 51.9 Å². The highest BCUT2D eigenvalue weighted by Gasteiger charge is 2.52. The number of rotatable bonds is 5. The van der Waals surface area contributed by atoms with Crippen molar-refractivity contribution in [2.45, 2.75) is 32.1 Å². The van der Waals surface area contributed by atoms with E-state index in [9.17, 15) is 14.0 Å². The van der Waals surface area contributed by atoms with Crippen LogP contribution in [0.15, 0.2) is 18.2 Å². The lowest BCUT2D eigenvalue weighted by Crippen LogP contribution is -2.64. The lowest BCUT2D eigenvalue weighted by atomic mass is 9.57. The molecule has 3 aliphatic rings. The van der Waals surface area contributed by atoms with Crippen molar-refractivity contribution in [3.05, 3.63) is 34.6 Å². The van der Waals surface area contributed by atoms with Crippen molar-refractivity contribution in [1.82, 2.24) is 15.1 Å². The first-order valence-electron chi connectivity index (χ1n) is 10.2. The monoisotopic (exact) mass is 407 g/mol. The van der Waals surface area contributed by atoms with Crippen molar-refractivity contribution < 1.29 is 14.0 Å². The average Bonchev–Trinajstić information content (AvgIpc) is 2.61. The number of hydrogen-bond donors (Lipinski definition) is 1. The summed E-state index contributed by atoms with van der Waals surface area (Å²) in [5.74, 6) is -0.0713. The predicted octanol–water partition coefficient (Wildman–Crippen LogP) is 2.93. The molecule has 3 fully saturated rings. The molecule has 0 aromatic heterocycles. The summed E-state index contributed by atoms with van der Waals surface area (Å²) in [5, 5.41) is 3.11. The molecular weight excluding hydrogens is 381 g/mol. The van der Waals surface area contributed by atoms with Gasteiger partial charge in [0.2, 0.25) is 5.91 Å². The Labute approximate surface area is 170 Å². The van der Waals surface area contributed by atoms with E-state index in [1.54, 1.807) is 0 Å². The van der Waals surface area contributed by atoms with Gasteiger partial charge in [0.1, 0.15) is 5.82 Å². The number of likely N-dealkylation sites (tertiary alicyclic amines) is 2. The summed E-state index contributed by atoms with van der Waals surface area (Å²) in [6, 6.07) is 3.87. The number of hydrogen-bond acceptors (Lipinski definition) is 3. The van der Waals surface area contributed by atoms with E-state index in [1.807, 2.05) is 4.90 Å². The van der Waals surface area contributed by atoms with Gasteiger partial charge in [-0.15, -0.1) is 0 Å². The van der Waals surface area contributed by atoms with Crippen molar-refractivity contribution in [1.29, 1.82) is 0 Å². The molecule has 1 aliphatic carbocycles. The number of benzene rings is 1. The molecule has 0 unspecified atom stereocenters. The zero-order chi connectivity index (χ0) is 19.7. The third-order valence-corrected chi connectivity index (χ3v) is 6.52. The van der Waals surface area contributed by atoms with Crippen LogP contribution in [0.2, 0.25) is 5.02 Å². The summed E-state index contributed by atoms with van der Waals surface area (Å²) < 4.78 is 13.4. The van der Waals surface area contributed by atoms with Crippen molar-refractivity contribution in [2.24, 2.45) is 11.3 Å². The summed E-state index contributed by atoms with van der Waals surface area (Å²) in [6.07, 6.45) is 5.65. The molecule has 2 heterocycles. The minimum absolute atomic E-state index is 0.224. The number of carbonyl (C=O) groups is 2. The van der Waals surface area contributed by atoms with Gasteiger partial charge in [0.25, 0.3) is 5.91 Å². The van der Waals surface area contributed by atoms with Gasteiger partial charge in [0.15, 0.2) is 0 Å². The minimum atomic E-state index is -0.506. The van der Waals surface area contributed by atoms with E-state index in [2.05, 4.69) is 10.2 Å². The Hall–Kier alpha value is -1.66. The average molecular weight is 408 g/mol. The van der Waals surface area contributed by atoms with E-state index in [-0.39, 0.29) is 22.4 Å². The maximum Gasteiger partial charge on any atom is 0.251 e. The molecule has 5 nitrogen and oxygen atoms in total. The third-order valence-electron chi connectivity index (χ3n) is 6.31. The van der Waals surface area contributed by atoms with E-state index in [4.69, 9.17) is 11.6 Å². The smallest absolute Gasteiger partial charge is 0.251 e. The molecular formula is C21H27ClFN3O2. The highest BCUT2D eigenvalue weighted by Crippen LogP contribution is 2.51. The summed E-state index contributed by atoms with van der Waals surface area (Å²) in [5.41, 5.74) is 0.588. The summed E-state index contributed by atoms with van der Waals surface area (Å²) >= 11 is 5.81. The predicted molar refractivity (Wildman–Crippen MR) is 106 cm³/mol. The van der Waals surface area contributed by atoms with E-state index in [0.29, 0.717) is 24.4 Å². The van der Waals surface area contributed by atoms with E-state index in [1.165, 1.54) is 24.6 Å². The van der Waals surface area contributed by atoms with Crippen molar-refractivity contribution in [3.63, 3.8) is 0 Å². The van der Waals surface area contributed by atoms with E-state index < -0.39 is 5.82 Å². The Balaban J connectivity index is 1.16. The van der Waals surface area contributed by atoms with Crippen molar-refractivity contribution >= 4 is 23.4 Å². The lowest BCUT2D eigenvalue weighted by Gasteiger charge is -2.59. The second-order valence-corrected chi connectivity index (χ2v) is 9.17. The first kappa shape index (κ1) is 19.6. The molecule has 1 N–H and O–H groups in total. The fourth-order valence-corrected chi connectivity index (χ4v) is 5.26. The summed E-state index contributed by atoms with van der Waals surface area (Å²) in [6.45, 7) is 4.93. The zero-order valence-corrected chi connectivity index (χ0v) is 16.8. The highest BCUT2D eigenvalue weighted by molar-refractivity contribution is 6.31. The first-order chi connectivity index (χ1) is 13.4. The van der Waals surface area contributed by atoms with Crippen molar-refractivity contribution in [3.8, 4) is 0 Å². The topological polar surface area (TPSA) is 52.7 Å². The maximum absolute atomic E-state index is 13.4. The number of amides is 2. The largest absolute Gasteiger partial charge is 0.352 e. The Morgan fingerprint density at radius 1 is 1.14 bits per heavy atom. The van der Waals surface area contributed by atoms with Crippen LogP contribution in [0.4, 0.5) is 4.39 Å². The van der Waals surface area contributed by atoms with Crippen molar-refractivity contribution in [2.75, 3.05) is 39.3 Å². The normalized spacial score (nSPS) is 21.9. The van der Waals surface area contributed by atoms with Crippen LogP contribution < -0.4 is 5.32 Å². The second kappa shape index (κ2) is 7.99. The van der Waals surface area contributed by atoms with Gasteiger partial charge in [-0.25, -0.2) is 4.39 Å². The Morgan fingerprint density at radius 3 is 2.54 bits per heavy atom. The number of nitrogens with one attached hydrogen (secondary N) is 1. The zero-order valence-electron chi connectivity index (χ0n) is 16.1. The third kappa shape index (κ3) is 4.33. The Bertz CT molecular complexity index is 732. The molecule has 1 aromatic rings. The molecule has 2 amide bonds. The second-order valence-electron chi connectivity index (χ2n) is 8.73. The SMILES string of the molecule is O=C(NCC1CC2(C1)CN(CC(=O)N1CCCCC1)C2)c1cc(F)cc(Cl)c1. The molecule has 2 saturated heterocycles. The van der Waals surface area contributed by atoms with Crippen LogP contribution in [0.1, 0.15) is 42.5 Å². The van der Waals surface area contributed by atoms with Crippen LogP contribution in [0, 0.1) is 17.2 Å². The first-order valence-corrected chi connectivity index (χ1v) is 10.5. The molecule has 0 radical (unpaired) electrons. The maximum atomic E-state index is 13.4. The molecule has 1 spiro atoms. The van der Waals surface area contributed by atoms with Gasteiger partial charge in [-0.1, -0.05) is 11.6 Å². The summed E-state index contributed by atoms with van der Waals surface area (Å²) in [7, 11) is 0. The molecule has 1 aromatic carbocycles. The van der Waals surface area contributed by atoms with Gasteiger partial charge in [0.05, 0.1) is 6.54 Å². The van der Waals surface area contributed by atoms with Gasteiger partial charge in [-0.05, 0) is 61.6 Å². The number of piperidine rings is 1. The molecule has 0 atom stereocenters. The standard InChI is InChI=1S/C21H27ClFN3O2/c22-17-6-16(7-18(23)8-17)20(28)24-11-15-9-21(10-15)13-25(14-21)12-19(27)26-4-2-1-3-5-26/h6-8,15H,1-5,9-14H2,(H,24,28). The summed E-state index contributed by atoms with van der Waals surface area (Å²) in [4.78, 5) is 28.8. The van der Waals surface area contributed by atoms with E-state index >= 15 is 0 Å². The molecule has 4 rings (SSSR count). The fraction of sp³-hybridized carbons (Fsp3) is 0.619. The highest BCUT2D eigenvalue weighted by atomic mass is 35.5. The van der Waals surface area contributed by atoms with Crippen LogP contribution in [0.25, 0.3) is 0 Å². The van der Waals surface area contributed by atoms with Crippen LogP contribution >= 0.6 is 11.6 Å². The van der Waals surface area contributed by atoms with Gasteiger partial charge in [-0.2, -0.15) is 0 Å². The van der Waals surface area contributed by atoms with Crippen LogP contribution in [-0.4, -0.2) is 60.9 Å². The quantitative estimate of drug-likeness (QED) is 0.816. The van der Waals surface area contributed by atoms with Gasteiger partial charge in [-0.3, -0.25) is 14.5 Å². The number of halogens is 2. The van der Waals surface area contributed by atoms with Crippen LogP contribution in [-0.2, 0) is 4.79 Å². The van der Waals surface area contributed by atoms with Crippen LogP contribution in [0.5, 0.6) is 0 Å². The molecule has 152 valence electrons. The molecule has 2 aliphatic heterocycles.